The van der Waals surface area contributed by atoms with Crippen molar-refractivity contribution in [3.63, 3.8) is 0 Å². The first-order valence-corrected chi connectivity index (χ1v) is 9.09. The molecule has 1 aromatic rings. The molecule has 2 N–H and O–H groups in total. The van der Waals surface area contributed by atoms with E-state index in [1.165, 1.54) is 12.8 Å². The van der Waals surface area contributed by atoms with Crippen LogP contribution in [0.5, 0.6) is 5.75 Å². The van der Waals surface area contributed by atoms with Gasteiger partial charge in [0.2, 0.25) is 0 Å². The largest absolute Gasteiger partial charge is 0.493 e. The van der Waals surface area contributed by atoms with Gasteiger partial charge in [-0.25, -0.2) is 0 Å². The topological polar surface area (TPSA) is 64.1 Å². The highest BCUT2D eigenvalue weighted by Gasteiger charge is 2.20. The number of nitrogens with zero attached hydrogens (tertiary/aromatic N) is 1. The van der Waals surface area contributed by atoms with Gasteiger partial charge in [0, 0.05) is 58.7 Å². The van der Waals surface area contributed by atoms with E-state index in [2.05, 4.69) is 15.6 Å². The molecule has 1 fully saturated rings. The second kappa shape index (κ2) is 14.1. The zero-order valence-electron chi connectivity index (χ0n) is 15.8. The number of benzene rings is 1. The molecule has 1 saturated carbocycles. The van der Waals surface area contributed by atoms with Crippen LogP contribution in [0, 0.1) is 5.92 Å². The molecule has 1 aliphatic carbocycles. The van der Waals surface area contributed by atoms with Gasteiger partial charge in [-0.15, -0.1) is 24.0 Å². The number of nitrogens with one attached hydrogen (secondary N) is 2. The first kappa shape index (κ1) is 23.0. The molecule has 0 amide bonds. The lowest BCUT2D eigenvalue weighted by atomic mass is 10.3. The lowest BCUT2D eigenvalue weighted by molar-refractivity contribution is 0.123. The summed E-state index contributed by atoms with van der Waals surface area (Å²) in [6.45, 7) is 3.90. The van der Waals surface area contributed by atoms with Crippen molar-refractivity contribution in [1.29, 1.82) is 0 Å². The fourth-order valence-electron chi connectivity index (χ4n) is 2.29. The van der Waals surface area contributed by atoms with E-state index >= 15 is 0 Å². The quantitative estimate of drug-likeness (QED) is 0.209. The predicted octanol–water partition coefficient (Wildman–Crippen LogP) is 3.52. The average Bonchev–Trinajstić information content (AvgIpc) is 3.45. The van der Waals surface area contributed by atoms with Crippen molar-refractivity contribution in [1.82, 2.24) is 5.32 Å². The van der Waals surface area contributed by atoms with Crippen molar-refractivity contribution in [2.24, 2.45) is 10.9 Å². The van der Waals surface area contributed by atoms with Crippen molar-refractivity contribution in [2.45, 2.75) is 25.7 Å². The van der Waals surface area contributed by atoms with E-state index < -0.39 is 0 Å². The van der Waals surface area contributed by atoms with Gasteiger partial charge in [-0.3, -0.25) is 4.99 Å². The zero-order valence-corrected chi connectivity index (χ0v) is 18.2. The van der Waals surface area contributed by atoms with Crippen LogP contribution < -0.4 is 15.4 Å². The van der Waals surface area contributed by atoms with E-state index in [1.807, 2.05) is 24.3 Å². The molecule has 0 bridgehead atoms. The summed E-state index contributed by atoms with van der Waals surface area (Å²) in [6, 6.07) is 7.88. The minimum atomic E-state index is 0. The molecule has 1 aromatic carbocycles. The Bertz CT molecular complexity index is 525. The fourth-order valence-corrected chi connectivity index (χ4v) is 2.29. The first-order valence-electron chi connectivity index (χ1n) is 9.09. The van der Waals surface area contributed by atoms with E-state index in [-0.39, 0.29) is 24.0 Å². The van der Waals surface area contributed by atoms with Gasteiger partial charge in [0.1, 0.15) is 5.75 Å². The van der Waals surface area contributed by atoms with Crippen LogP contribution in [0.1, 0.15) is 25.7 Å². The Hall–Kier alpha value is -1.06. The van der Waals surface area contributed by atoms with E-state index in [0.717, 1.165) is 55.9 Å². The van der Waals surface area contributed by atoms with Gasteiger partial charge in [-0.2, -0.15) is 0 Å². The normalized spacial score (nSPS) is 13.8. The summed E-state index contributed by atoms with van der Waals surface area (Å²) in [6.07, 6.45) is 4.52. The number of hydrogen-bond donors (Lipinski definition) is 2. The van der Waals surface area contributed by atoms with Crippen LogP contribution in [0.2, 0.25) is 0 Å². The van der Waals surface area contributed by atoms with Gasteiger partial charge in [-0.05, 0) is 37.3 Å². The van der Waals surface area contributed by atoms with Crippen LogP contribution in [-0.4, -0.2) is 53.1 Å². The molecule has 26 heavy (non-hydrogen) atoms. The summed E-state index contributed by atoms with van der Waals surface area (Å²) in [5.74, 6) is 2.41. The van der Waals surface area contributed by atoms with Gasteiger partial charge in [0.05, 0.1) is 6.61 Å². The molecule has 0 atom stereocenters. The second-order valence-electron chi connectivity index (χ2n) is 6.22. The Morgan fingerprint density at radius 2 is 2.04 bits per heavy atom. The number of aliphatic imine (C=N–C) groups is 1. The zero-order chi connectivity index (χ0) is 17.7. The predicted molar refractivity (Wildman–Crippen MR) is 117 cm³/mol. The first-order chi connectivity index (χ1) is 12.3. The summed E-state index contributed by atoms with van der Waals surface area (Å²) < 4.78 is 16.4. The SMILES string of the molecule is CN=C(NCCCOCC1CC1)Nc1cccc(OCCCOC)c1.I. The number of guanidine groups is 1. The Balaban J connectivity index is 0.00000338. The Morgan fingerprint density at radius 3 is 2.77 bits per heavy atom. The van der Waals surface area contributed by atoms with Crippen molar-refractivity contribution < 1.29 is 14.2 Å². The molecule has 0 aliphatic heterocycles. The van der Waals surface area contributed by atoms with E-state index in [1.54, 1.807) is 14.2 Å². The number of hydrogen-bond acceptors (Lipinski definition) is 4. The van der Waals surface area contributed by atoms with Gasteiger partial charge in [0.15, 0.2) is 5.96 Å². The Morgan fingerprint density at radius 1 is 1.19 bits per heavy atom. The minimum Gasteiger partial charge on any atom is -0.493 e. The van der Waals surface area contributed by atoms with Crippen LogP contribution in [0.4, 0.5) is 5.69 Å². The summed E-state index contributed by atoms with van der Waals surface area (Å²) >= 11 is 0. The molecule has 6 nitrogen and oxygen atoms in total. The van der Waals surface area contributed by atoms with E-state index in [9.17, 15) is 0 Å². The van der Waals surface area contributed by atoms with Crippen molar-refractivity contribution in [3.8, 4) is 5.75 Å². The number of anilines is 1. The molecule has 0 radical (unpaired) electrons. The van der Waals surface area contributed by atoms with Crippen molar-refractivity contribution in [3.05, 3.63) is 24.3 Å². The summed E-state index contributed by atoms with van der Waals surface area (Å²) in [5, 5.41) is 6.59. The maximum Gasteiger partial charge on any atom is 0.195 e. The molecular weight excluding hydrogens is 445 g/mol. The molecule has 7 heteroatoms. The lowest BCUT2D eigenvalue weighted by Crippen LogP contribution is -2.32. The van der Waals surface area contributed by atoms with E-state index in [0.29, 0.717) is 13.2 Å². The van der Waals surface area contributed by atoms with Crippen LogP contribution in [0.25, 0.3) is 0 Å². The third-order valence-electron chi connectivity index (χ3n) is 3.89. The van der Waals surface area contributed by atoms with Gasteiger partial charge in [0.25, 0.3) is 0 Å². The molecule has 0 spiro atoms. The molecule has 0 aromatic heterocycles. The van der Waals surface area contributed by atoms with Crippen molar-refractivity contribution in [2.75, 3.05) is 52.4 Å². The lowest BCUT2D eigenvalue weighted by Gasteiger charge is -2.13. The monoisotopic (exact) mass is 477 g/mol. The molecule has 1 aliphatic rings. The van der Waals surface area contributed by atoms with Crippen LogP contribution in [0.3, 0.4) is 0 Å². The number of ether oxygens (including phenoxy) is 3. The third-order valence-corrected chi connectivity index (χ3v) is 3.89. The Kier molecular flexibility index (Phi) is 12.4. The summed E-state index contributed by atoms with van der Waals surface area (Å²) in [4.78, 5) is 4.25. The smallest absolute Gasteiger partial charge is 0.195 e. The molecule has 0 heterocycles. The standard InChI is InChI=1S/C19H31N3O3.HI/c1-20-19(21-10-4-12-24-15-16-8-9-16)22-17-6-3-7-18(14-17)25-13-5-11-23-2;/h3,6-7,14,16H,4-5,8-13,15H2,1-2H3,(H2,20,21,22);1H. The van der Waals surface area contributed by atoms with Gasteiger partial charge >= 0.3 is 0 Å². The molecule has 0 saturated heterocycles. The Labute approximate surface area is 174 Å². The maximum atomic E-state index is 5.72. The van der Waals surface area contributed by atoms with Crippen LogP contribution in [-0.2, 0) is 9.47 Å². The molecule has 148 valence electrons. The number of methoxy groups -OCH3 is 1. The third kappa shape index (κ3) is 10.2. The maximum absolute atomic E-state index is 5.72. The molecule has 0 unspecified atom stereocenters. The number of halogens is 1. The van der Waals surface area contributed by atoms with E-state index in [4.69, 9.17) is 14.2 Å². The van der Waals surface area contributed by atoms with Crippen LogP contribution >= 0.6 is 24.0 Å². The van der Waals surface area contributed by atoms with Gasteiger partial charge in [-0.1, -0.05) is 6.07 Å². The molecule has 2 rings (SSSR count). The average molecular weight is 477 g/mol. The molecular formula is C19H32IN3O3. The minimum absolute atomic E-state index is 0. The summed E-state index contributed by atoms with van der Waals surface area (Å²) in [7, 11) is 3.46. The van der Waals surface area contributed by atoms with Crippen molar-refractivity contribution >= 4 is 35.6 Å². The fraction of sp³-hybridized carbons (Fsp3) is 0.632. The van der Waals surface area contributed by atoms with Crippen LogP contribution in [0.15, 0.2) is 29.3 Å². The second-order valence-corrected chi connectivity index (χ2v) is 6.22. The summed E-state index contributed by atoms with van der Waals surface area (Å²) in [5.41, 5.74) is 0.947. The van der Waals surface area contributed by atoms with Gasteiger partial charge < -0.3 is 24.8 Å². The highest BCUT2D eigenvalue weighted by atomic mass is 127. The number of rotatable bonds is 12. The highest BCUT2D eigenvalue weighted by Crippen LogP contribution is 2.28. The highest BCUT2D eigenvalue weighted by molar-refractivity contribution is 14.0.